The van der Waals surface area contributed by atoms with Crippen LogP contribution in [0.2, 0.25) is 0 Å². The molecule has 5 rings (SSSR count). The molecule has 9 atom stereocenters. The Morgan fingerprint density at radius 3 is 2.24 bits per heavy atom. The molecule has 4 saturated carbocycles. The van der Waals surface area contributed by atoms with E-state index in [9.17, 15) is 14.7 Å². The SMILES string of the molecule is CC(C)OC(=O)[C@@]1(C)CC[C@]2(C)CC[C@]3(C)C(=CC(=O)C4[C@@]5(C)CC[C@H](O)C(C)(C)C5CC[C@]43C)[C@@H]2C1. The van der Waals surface area contributed by atoms with Crippen molar-refractivity contribution in [2.45, 2.75) is 132 Å². The number of ketones is 1. The molecule has 0 amide bonds. The van der Waals surface area contributed by atoms with Crippen LogP contribution in [0.3, 0.4) is 0 Å². The normalized spacial score (nSPS) is 50.8. The van der Waals surface area contributed by atoms with Gasteiger partial charge in [-0.15, -0.1) is 0 Å². The number of aliphatic hydroxyl groups is 1. The highest BCUT2D eigenvalue weighted by Crippen LogP contribution is 2.75. The summed E-state index contributed by atoms with van der Waals surface area (Å²) in [6, 6.07) is 0. The van der Waals surface area contributed by atoms with Crippen molar-refractivity contribution in [2.24, 2.45) is 50.2 Å². The quantitative estimate of drug-likeness (QED) is 0.395. The third kappa shape index (κ3) is 3.55. The van der Waals surface area contributed by atoms with Crippen LogP contribution < -0.4 is 0 Å². The highest BCUT2D eigenvalue weighted by molar-refractivity contribution is 5.95. The predicted octanol–water partition coefficient (Wildman–Crippen LogP) is 7.28. The van der Waals surface area contributed by atoms with E-state index in [1.807, 2.05) is 13.8 Å². The van der Waals surface area contributed by atoms with Gasteiger partial charge < -0.3 is 9.84 Å². The maximum Gasteiger partial charge on any atom is 0.312 e. The van der Waals surface area contributed by atoms with Gasteiger partial charge in [0.25, 0.3) is 0 Å². The minimum absolute atomic E-state index is 0.00971. The number of esters is 1. The minimum Gasteiger partial charge on any atom is -0.463 e. The number of ether oxygens (including phenoxy) is 1. The number of fused-ring (bicyclic) bond motifs is 7. The Morgan fingerprint density at radius 1 is 0.946 bits per heavy atom. The molecule has 4 heteroatoms. The minimum atomic E-state index is -0.499. The molecule has 0 aromatic rings. The molecule has 0 spiro atoms. The summed E-state index contributed by atoms with van der Waals surface area (Å²) in [7, 11) is 0. The van der Waals surface area contributed by atoms with E-state index in [-0.39, 0.29) is 57.1 Å². The van der Waals surface area contributed by atoms with Gasteiger partial charge in [0.2, 0.25) is 0 Å². The van der Waals surface area contributed by atoms with Gasteiger partial charge in [0.15, 0.2) is 5.78 Å². The van der Waals surface area contributed by atoms with Gasteiger partial charge in [-0.05, 0) is 124 Å². The van der Waals surface area contributed by atoms with Gasteiger partial charge in [0.05, 0.1) is 17.6 Å². The monoisotopic (exact) mass is 512 g/mol. The summed E-state index contributed by atoms with van der Waals surface area (Å²) in [6.45, 7) is 20.1. The number of allylic oxidation sites excluding steroid dienone is 2. The van der Waals surface area contributed by atoms with E-state index in [4.69, 9.17) is 4.74 Å². The Morgan fingerprint density at radius 2 is 1.59 bits per heavy atom. The van der Waals surface area contributed by atoms with Gasteiger partial charge in [-0.25, -0.2) is 0 Å². The van der Waals surface area contributed by atoms with Gasteiger partial charge in [0, 0.05) is 5.92 Å². The second-order valence-electron chi connectivity index (χ2n) is 16.1. The molecule has 0 aliphatic heterocycles. The lowest BCUT2D eigenvalue weighted by atomic mass is 9.33. The summed E-state index contributed by atoms with van der Waals surface area (Å²) in [5.41, 5.74) is 0.542. The molecule has 0 radical (unpaired) electrons. The van der Waals surface area contributed by atoms with Gasteiger partial charge in [-0.2, -0.15) is 0 Å². The highest BCUT2D eigenvalue weighted by Gasteiger charge is 2.70. The molecule has 0 heterocycles. The number of aliphatic hydroxyl groups excluding tert-OH is 1. The Bertz CT molecular complexity index is 1030. The topological polar surface area (TPSA) is 63.6 Å². The van der Waals surface area contributed by atoms with Crippen molar-refractivity contribution >= 4 is 11.8 Å². The Kier molecular flexibility index (Phi) is 6.06. The maximum atomic E-state index is 14.4. The van der Waals surface area contributed by atoms with E-state index in [1.165, 1.54) is 5.57 Å². The average Bonchev–Trinajstić information content (AvgIpc) is 2.78. The van der Waals surface area contributed by atoms with Crippen molar-refractivity contribution in [3.63, 3.8) is 0 Å². The fourth-order valence-corrected chi connectivity index (χ4v) is 10.7. The zero-order valence-corrected chi connectivity index (χ0v) is 25.0. The van der Waals surface area contributed by atoms with Crippen molar-refractivity contribution in [2.75, 3.05) is 0 Å². The van der Waals surface area contributed by atoms with Crippen LogP contribution in [0.4, 0.5) is 0 Å². The van der Waals surface area contributed by atoms with Crippen molar-refractivity contribution < 1.29 is 19.4 Å². The molecule has 208 valence electrons. The first-order valence-electron chi connectivity index (χ1n) is 15.1. The summed E-state index contributed by atoms with van der Waals surface area (Å²) in [5.74, 6) is 0.823. The lowest BCUT2D eigenvalue weighted by Crippen LogP contribution is -2.66. The Labute approximate surface area is 225 Å². The lowest BCUT2D eigenvalue weighted by Gasteiger charge is -2.70. The zero-order valence-electron chi connectivity index (χ0n) is 25.0. The lowest BCUT2D eigenvalue weighted by molar-refractivity contribution is -0.202. The van der Waals surface area contributed by atoms with Crippen molar-refractivity contribution in [3.8, 4) is 0 Å². The smallest absolute Gasteiger partial charge is 0.312 e. The van der Waals surface area contributed by atoms with Crippen molar-refractivity contribution in [1.29, 1.82) is 0 Å². The van der Waals surface area contributed by atoms with Gasteiger partial charge in [-0.1, -0.05) is 47.1 Å². The van der Waals surface area contributed by atoms with Crippen molar-refractivity contribution in [3.05, 3.63) is 11.6 Å². The van der Waals surface area contributed by atoms with Crippen LogP contribution in [-0.4, -0.2) is 29.1 Å². The van der Waals surface area contributed by atoms with Gasteiger partial charge >= 0.3 is 5.97 Å². The van der Waals surface area contributed by atoms with Gasteiger partial charge in [-0.3, -0.25) is 9.59 Å². The summed E-state index contributed by atoms with van der Waals surface area (Å²) in [4.78, 5) is 27.6. The molecule has 4 fully saturated rings. The molecule has 37 heavy (non-hydrogen) atoms. The first-order valence-corrected chi connectivity index (χ1v) is 15.1. The van der Waals surface area contributed by atoms with E-state index in [1.54, 1.807) is 0 Å². The van der Waals surface area contributed by atoms with E-state index in [0.717, 1.165) is 57.8 Å². The van der Waals surface area contributed by atoms with Crippen LogP contribution in [0.25, 0.3) is 0 Å². The van der Waals surface area contributed by atoms with E-state index in [2.05, 4.69) is 54.5 Å². The third-order valence-electron chi connectivity index (χ3n) is 13.4. The molecule has 0 aromatic carbocycles. The molecular formula is C33H52O4. The highest BCUT2D eigenvalue weighted by atomic mass is 16.5. The molecule has 2 unspecified atom stereocenters. The second-order valence-corrected chi connectivity index (χ2v) is 16.1. The number of carbonyl (C=O) groups is 2. The fourth-order valence-electron chi connectivity index (χ4n) is 10.7. The molecule has 0 saturated heterocycles. The van der Waals surface area contributed by atoms with Crippen LogP contribution in [0.5, 0.6) is 0 Å². The molecule has 5 aliphatic carbocycles. The number of carbonyl (C=O) groups excluding carboxylic acids is 2. The number of hydrogen-bond donors (Lipinski definition) is 1. The summed E-state index contributed by atoms with van der Waals surface area (Å²) >= 11 is 0. The summed E-state index contributed by atoms with van der Waals surface area (Å²) in [6.07, 6.45) is 10.4. The average molecular weight is 513 g/mol. The fraction of sp³-hybridized carbons (Fsp3) is 0.879. The van der Waals surface area contributed by atoms with Crippen LogP contribution in [0.15, 0.2) is 11.6 Å². The van der Waals surface area contributed by atoms with E-state index >= 15 is 0 Å². The Balaban J connectivity index is 1.57. The van der Waals surface area contributed by atoms with Crippen LogP contribution in [0, 0.1) is 50.2 Å². The standard InChI is InChI=1S/C33H52O4/c1-20(2)37-27(36)30(6)15-14-29(5)16-17-32(8)21(22(29)19-30)18-23(34)26-31(7)12-11-25(35)28(3,4)24(31)10-13-33(26,32)9/h18,20,22,24-26,35H,10-17,19H2,1-9H3/t22-,24?,25-,26?,29+,30-,31-,32+,33+/m0/s1. The Hall–Kier alpha value is -1.16. The zero-order chi connectivity index (χ0) is 27.4. The predicted molar refractivity (Wildman–Crippen MR) is 147 cm³/mol. The maximum absolute atomic E-state index is 14.4. The molecule has 1 N–H and O–H groups in total. The molecule has 4 nitrogen and oxygen atoms in total. The van der Waals surface area contributed by atoms with Crippen LogP contribution in [0.1, 0.15) is 120 Å². The molecule has 0 bridgehead atoms. The van der Waals surface area contributed by atoms with E-state index < -0.39 is 5.41 Å². The molecule has 0 aromatic heterocycles. The summed E-state index contributed by atoms with van der Waals surface area (Å²) in [5, 5.41) is 10.9. The number of hydrogen-bond acceptors (Lipinski definition) is 4. The first-order chi connectivity index (χ1) is 16.9. The number of rotatable bonds is 2. The molecule has 5 aliphatic rings. The summed E-state index contributed by atoms with van der Waals surface area (Å²) < 4.78 is 5.75. The van der Waals surface area contributed by atoms with Gasteiger partial charge in [0.1, 0.15) is 0 Å². The van der Waals surface area contributed by atoms with Crippen LogP contribution in [-0.2, 0) is 14.3 Å². The molecular weight excluding hydrogens is 460 g/mol. The first kappa shape index (κ1) is 27.4. The largest absolute Gasteiger partial charge is 0.463 e. The second kappa shape index (κ2) is 8.18. The third-order valence-corrected chi connectivity index (χ3v) is 13.4. The van der Waals surface area contributed by atoms with Crippen molar-refractivity contribution in [1.82, 2.24) is 0 Å². The van der Waals surface area contributed by atoms with Crippen LogP contribution >= 0.6 is 0 Å². The van der Waals surface area contributed by atoms with E-state index in [0.29, 0.717) is 11.7 Å².